The molecule has 0 aromatic heterocycles. The molecule has 0 saturated heterocycles. The molecule has 0 spiro atoms. The van der Waals surface area contributed by atoms with Gasteiger partial charge in [0.1, 0.15) is 0 Å². The van der Waals surface area contributed by atoms with Crippen LogP contribution in [0.25, 0.3) is 0 Å². The van der Waals surface area contributed by atoms with Gasteiger partial charge in [-0.3, -0.25) is 0 Å². The van der Waals surface area contributed by atoms with Crippen LogP contribution in [-0.4, -0.2) is 18.8 Å². The molecule has 0 amide bonds. The Morgan fingerprint density at radius 2 is 1.67 bits per heavy atom. The van der Waals surface area contributed by atoms with Gasteiger partial charge >= 0.3 is 0 Å². The molecule has 2 aromatic rings. The summed E-state index contributed by atoms with van der Waals surface area (Å²) in [6.07, 6.45) is 0. The van der Waals surface area contributed by atoms with Crippen molar-refractivity contribution in [3.8, 4) is 0 Å². The van der Waals surface area contributed by atoms with Gasteiger partial charge in [-0.1, -0.05) is 36.4 Å². The first-order valence-electron chi connectivity index (χ1n) is 8.08. The number of nitrogens with one attached hydrogen (secondary N) is 1. The molecule has 1 atom stereocenters. The Kier molecular flexibility index (Phi) is 6.02. The van der Waals surface area contributed by atoms with Crippen molar-refractivity contribution in [1.82, 2.24) is 0 Å². The molecule has 0 fully saturated rings. The van der Waals surface area contributed by atoms with Crippen molar-refractivity contribution in [3.63, 3.8) is 0 Å². The zero-order chi connectivity index (χ0) is 17.7. The second-order valence-corrected chi connectivity index (χ2v) is 8.88. The van der Waals surface area contributed by atoms with E-state index in [0.717, 1.165) is 22.4 Å². The predicted octanol–water partition coefficient (Wildman–Crippen LogP) is 3.68. The Balaban J connectivity index is 2.14. The van der Waals surface area contributed by atoms with E-state index in [2.05, 4.69) is 5.32 Å². The normalized spacial score (nSPS) is 13.0. The Morgan fingerprint density at radius 3 is 2.33 bits per heavy atom. The summed E-state index contributed by atoms with van der Waals surface area (Å²) in [5.41, 5.74) is 3.61. The van der Waals surface area contributed by atoms with E-state index in [1.165, 1.54) is 0 Å². The third-order valence-corrected chi connectivity index (χ3v) is 6.20. The number of aliphatic hydroxyl groups excluding tert-OH is 1. The zero-order valence-corrected chi connectivity index (χ0v) is 15.2. The van der Waals surface area contributed by atoms with Crippen LogP contribution in [0.4, 0.5) is 5.69 Å². The van der Waals surface area contributed by atoms with E-state index in [9.17, 15) is 13.5 Å². The summed E-state index contributed by atoms with van der Waals surface area (Å²) in [5, 5.41) is 12.3. The van der Waals surface area contributed by atoms with Crippen molar-refractivity contribution < 1.29 is 13.5 Å². The lowest BCUT2D eigenvalue weighted by Gasteiger charge is -2.17. The first-order chi connectivity index (χ1) is 11.3. The molecule has 0 bridgehead atoms. The number of benzene rings is 2. The highest BCUT2D eigenvalue weighted by molar-refractivity contribution is 7.91. The Hall–Kier alpha value is -1.85. The lowest BCUT2D eigenvalue weighted by atomic mass is 10.0. The van der Waals surface area contributed by atoms with Crippen LogP contribution in [-0.2, 0) is 22.2 Å². The largest absolute Gasteiger partial charge is 0.392 e. The van der Waals surface area contributed by atoms with E-state index >= 15 is 0 Å². The van der Waals surface area contributed by atoms with Crippen molar-refractivity contribution in [3.05, 3.63) is 65.2 Å². The highest BCUT2D eigenvalue weighted by Gasteiger charge is 2.17. The van der Waals surface area contributed by atoms with Gasteiger partial charge in [0.05, 0.1) is 17.6 Å². The summed E-state index contributed by atoms with van der Waals surface area (Å²) in [5.74, 6) is 0.0502. The minimum absolute atomic E-state index is 0.0170. The average molecular weight is 347 g/mol. The lowest BCUT2D eigenvalue weighted by Crippen LogP contribution is -2.16. The van der Waals surface area contributed by atoms with Gasteiger partial charge in [-0.05, 0) is 49.6 Å². The van der Waals surface area contributed by atoms with Crippen LogP contribution < -0.4 is 5.32 Å². The molecule has 0 heterocycles. The van der Waals surface area contributed by atoms with Crippen molar-refractivity contribution in [2.24, 2.45) is 0 Å². The van der Waals surface area contributed by atoms with Gasteiger partial charge in [0.15, 0.2) is 9.84 Å². The van der Waals surface area contributed by atoms with Gasteiger partial charge in [0.2, 0.25) is 0 Å². The van der Waals surface area contributed by atoms with Crippen LogP contribution in [0.2, 0.25) is 0 Å². The fourth-order valence-electron chi connectivity index (χ4n) is 2.44. The third-order valence-electron chi connectivity index (χ3n) is 4.03. The third kappa shape index (κ3) is 4.82. The van der Waals surface area contributed by atoms with Gasteiger partial charge in [-0.15, -0.1) is 0 Å². The Morgan fingerprint density at radius 1 is 1.00 bits per heavy atom. The number of hydrogen-bond donors (Lipinski definition) is 2. The molecule has 4 nitrogen and oxygen atoms in total. The first-order valence-corrected chi connectivity index (χ1v) is 9.80. The maximum atomic E-state index is 12.1. The molecule has 0 aliphatic carbocycles. The molecule has 0 aliphatic rings. The molecule has 0 aliphatic heterocycles. The summed E-state index contributed by atoms with van der Waals surface area (Å²) in [6, 6.07) is 15.3. The van der Waals surface area contributed by atoms with E-state index in [4.69, 9.17) is 0 Å². The summed E-state index contributed by atoms with van der Waals surface area (Å²) < 4.78 is 24.2. The molecule has 2 aromatic carbocycles. The van der Waals surface area contributed by atoms with E-state index in [-0.39, 0.29) is 23.7 Å². The number of hydrogen-bond acceptors (Lipinski definition) is 4. The van der Waals surface area contributed by atoms with Gasteiger partial charge in [-0.2, -0.15) is 0 Å². The number of rotatable bonds is 7. The average Bonchev–Trinajstić information content (AvgIpc) is 2.54. The van der Waals surface area contributed by atoms with E-state index in [1.807, 2.05) is 55.5 Å². The molecular formula is C19H25NO3S. The number of sulfone groups is 1. The molecule has 5 heteroatoms. The van der Waals surface area contributed by atoms with E-state index < -0.39 is 9.84 Å². The molecule has 1 unspecified atom stereocenters. The highest BCUT2D eigenvalue weighted by atomic mass is 32.2. The van der Waals surface area contributed by atoms with Crippen molar-refractivity contribution in [2.45, 2.75) is 44.4 Å². The van der Waals surface area contributed by atoms with E-state index in [0.29, 0.717) is 0 Å². The SMILES string of the molecule is CC(Nc1cccc(CS(=O)(=O)C(C)C)c1)c1cccc(CO)c1. The Bertz CT molecular complexity index is 785. The Labute approximate surface area is 144 Å². The predicted molar refractivity (Wildman–Crippen MR) is 98.6 cm³/mol. The maximum absolute atomic E-state index is 12.1. The van der Waals surface area contributed by atoms with Gasteiger partial charge in [0.25, 0.3) is 0 Å². The molecule has 130 valence electrons. The standard InChI is InChI=1S/C19H25NO3S/c1-14(2)24(22,23)13-17-7-5-9-19(11-17)20-15(3)18-8-4-6-16(10-18)12-21/h4-11,14-15,20-21H,12-13H2,1-3H3. The maximum Gasteiger partial charge on any atom is 0.156 e. The van der Waals surface area contributed by atoms with Crippen molar-refractivity contribution >= 4 is 15.5 Å². The number of aliphatic hydroxyl groups is 1. The van der Waals surface area contributed by atoms with E-state index in [1.54, 1.807) is 13.8 Å². The molecule has 2 N–H and O–H groups in total. The summed E-state index contributed by atoms with van der Waals surface area (Å²) in [7, 11) is -3.11. The fraction of sp³-hybridized carbons (Fsp3) is 0.368. The first kappa shape index (κ1) is 18.5. The van der Waals surface area contributed by atoms with Crippen LogP contribution in [0.5, 0.6) is 0 Å². The lowest BCUT2D eigenvalue weighted by molar-refractivity contribution is 0.281. The van der Waals surface area contributed by atoms with Gasteiger partial charge in [-0.25, -0.2) is 8.42 Å². The summed E-state index contributed by atoms with van der Waals surface area (Å²) >= 11 is 0. The second-order valence-electron chi connectivity index (χ2n) is 6.33. The zero-order valence-electron chi connectivity index (χ0n) is 14.4. The smallest absolute Gasteiger partial charge is 0.156 e. The quantitative estimate of drug-likeness (QED) is 0.802. The minimum atomic E-state index is -3.11. The van der Waals surface area contributed by atoms with Crippen molar-refractivity contribution in [1.29, 1.82) is 0 Å². The second kappa shape index (κ2) is 7.81. The van der Waals surface area contributed by atoms with Crippen LogP contribution in [0.1, 0.15) is 43.5 Å². The van der Waals surface area contributed by atoms with Crippen LogP contribution in [0.15, 0.2) is 48.5 Å². The fourth-order valence-corrected chi connectivity index (χ4v) is 3.42. The van der Waals surface area contributed by atoms with Crippen LogP contribution >= 0.6 is 0 Å². The van der Waals surface area contributed by atoms with Crippen LogP contribution in [0, 0.1) is 0 Å². The molecule has 2 rings (SSSR count). The van der Waals surface area contributed by atoms with Gasteiger partial charge < -0.3 is 10.4 Å². The monoisotopic (exact) mass is 347 g/mol. The molecule has 0 radical (unpaired) electrons. The van der Waals surface area contributed by atoms with Crippen LogP contribution in [0.3, 0.4) is 0 Å². The molecule has 24 heavy (non-hydrogen) atoms. The topological polar surface area (TPSA) is 66.4 Å². The molecular weight excluding hydrogens is 322 g/mol. The highest BCUT2D eigenvalue weighted by Crippen LogP contribution is 2.22. The summed E-state index contributed by atoms with van der Waals surface area (Å²) in [4.78, 5) is 0. The van der Waals surface area contributed by atoms with Crippen molar-refractivity contribution in [2.75, 3.05) is 5.32 Å². The summed E-state index contributed by atoms with van der Waals surface area (Å²) in [6.45, 7) is 5.46. The number of anilines is 1. The minimum Gasteiger partial charge on any atom is -0.392 e. The van der Waals surface area contributed by atoms with Gasteiger partial charge in [0, 0.05) is 11.7 Å². The molecule has 0 saturated carbocycles.